The minimum Gasteiger partial charge on any atom is -0.376 e. The molecular formula is C14H25BrO. The SMILES string of the molecule is C=CCCCCCCCCCOCC(=C)Br. The molecule has 0 atom stereocenters. The van der Waals surface area contributed by atoms with E-state index in [-0.39, 0.29) is 0 Å². The Labute approximate surface area is 109 Å². The fourth-order valence-electron chi connectivity index (χ4n) is 1.56. The van der Waals surface area contributed by atoms with Crippen molar-refractivity contribution in [3.05, 3.63) is 23.7 Å². The van der Waals surface area contributed by atoms with Crippen LogP contribution in [0.25, 0.3) is 0 Å². The van der Waals surface area contributed by atoms with Crippen molar-refractivity contribution in [3.8, 4) is 0 Å². The lowest BCUT2D eigenvalue weighted by atomic mass is 10.1. The Hall–Kier alpha value is -0.0800. The molecule has 0 unspecified atom stereocenters. The van der Waals surface area contributed by atoms with Crippen molar-refractivity contribution in [2.24, 2.45) is 0 Å². The van der Waals surface area contributed by atoms with Gasteiger partial charge in [0.1, 0.15) is 0 Å². The van der Waals surface area contributed by atoms with E-state index in [1.54, 1.807) is 0 Å². The Morgan fingerprint density at radius 2 is 1.56 bits per heavy atom. The largest absolute Gasteiger partial charge is 0.376 e. The predicted octanol–water partition coefficient (Wildman–Crippen LogP) is 5.22. The molecule has 2 heteroatoms. The maximum Gasteiger partial charge on any atom is 0.0775 e. The molecule has 0 aliphatic rings. The van der Waals surface area contributed by atoms with E-state index in [1.165, 1.54) is 51.4 Å². The van der Waals surface area contributed by atoms with Crippen LogP contribution in [-0.2, 0) is 4.74 Å². The molecule has 0 saturated heterocycles. The number of unbranched alkanes of at least 4 members (excludes halogenated alkanes) is 7. The van der Waals surface area contributed by atoms with Crippen LogP contribution in [-0.4, -0.2) is 13.2 Å². The number of rotatable bonds is 12. The Balaban J connectivity index is 2.93. The van der Waals surface area contributed by atoms with Crippen LogP contribution < -0.4 is 0 Å². The van der Waals surface area contributed by atoms with Gasteiger partial charge in [-0.1, -0.05) is 60.7 Å². The average Bonchev–Trinajstić information content (AvgIpc) is 2.25. The molecule has 1 nitrogen and oxygen atoms in total. The Morgan fingerprint density at radius 1 is 1.00 bits per heavy atom. The number of hydrogen-bond donors (Lipinski definition) is 0. The van der Waals surface area contributed by atoms with Gasteiger partial charge in [0.05, 0.1) is 6.61 Å². The van der Waals surface area contributed by atoms with Crippen molar-refractivity contribution < 1.29 is 4.74 Å². The van der Waals surface area contributed by atoms with Gasteiger partial charge in [0.25, 0.3) is 0 Å². The van der Waals surface area contributed by atoms with E-state index in [9.17, 15) is 0 Å². The molecule has 0 amide bonds. The average molecular weight is 289 g/mol. The maximum atomic E-state index is 5.40. The summed E-state index contributed by atoms with van der Waals surface area (Å²) in [5, 5.41) is 0. The minimum absolute atomic E-state index is 0.640. The van der Waals surface area contributed by atoms with Crippen molar-refractivity contribution >= 4 is 15.9 Å². The minimum atomic E-state index is 0.640. The predicted molar refractivity (Wildman–Crippen MR) is 76.0 cm³/mol. The standard InChI is InChI=1S/C14H25BrO/c1-3-4-5-6-7-8-9-10-11-12-16-13-14(2)15/h3H,1-2,4-13H2. The molecule has 0 heterocycles. The van der Waals surface area contributed by atoms with Gasteiger partial charge in [-0.3, -0.25) is 0 Å². The fourth-order valence-corrected chi connectivity index (χ4v) is 1.72. The van der Waals surface area contributed by atoms with Crippen LogP contribution in [0.2, 0.25) is 0 Å². The van der Waals surface area contributed by atoms with Crippen molar-refractivity contribution in [2.75, 3.05) is 13.2 Å². The van der Waals surface area contributed by atoms with Gasteiger partial charge < -0.3 is 4.74 Å². The second kappa shape index (κ2) is 13.0. The summed E-state index contributed by atoms with van der Waals surface area (Å²) in [4.78, 5) is 0. The van der Waals surface area contributed by atoms with E-state index < -0.39 is 0 Å². The first-order valence-electron chi connectivity index (χ1n) is 6.29. The van der Waals surface area contributed by atoms with Crippen LogP contribution in [0.3, 0.4) is 0 Å². The molecule has 0 bridgehead atoms. The summed E-state index contributed by atoms with van der Waals surface area (Å²) in [6.07, 6.45) is 12.4. The normalized spacial score (nSPS) is 10.3. The van der Waals surface area contributed by atoms with Crippen molar-refractivity contribution in [1.29, 1.82) is 0 Å². The van der Waals surface area contributed by atoms with Crippen LogP contribution in [0, 0.1) is 0 Å². The van der Waals surface area contributed by atoms with Crippen LogP contribution in [0.5, 0.6) is 0 Å². The molecule has 0 spiro atoms. The molecule has 0 saturated carbocycles. The lowest BCUT2D eigenvalue weighted by Gasteiger charge is -2.03. The van der Waals surface area contributed by atoms with Gasteiger partial charge in [0.2, 0.25) is 0 Å². The van der Waals surface area contributed by atoms with Crippen LogP contribution in [0.4, 0.5) is 0 Å². The number of hydrogen-bond acceptors (Lipinski definition) is 1. The molecular weight excluding hydrogens is 264 g/mol. The van der Waals surface area contributed by atoms with Crippen molar-refractivity contribution in [2.45, 2.75) is 51.4 Å². The summed E-state index contributed by atoms with van der Waals surface area (Å²) in [5.41, 5.74) is 0. The van der Waals surface area contributed by atoms with E-state index in [1.807, 2.05) is 6.08 Å². The molecule has 0 rings (SSSR count). The quantitative estimate of drug-likeness (QED) is 0.353. The van der Waals surface area contributed by atoms with Crippen LogP contribution in [0.1, 0.15) is 51.4 Å². The van der Waals surface area contributed by atoms with Gasteiger partial charge in [-0.05, 0) is 19.3 Å². The highest BCUT2D eigenvalue weighted by atomic mass is 79.9. The second-order valence-corrected chi connectivity index (χ2v) is 5.24. The Bertz CT molecular complexity index is 178. The maximum absolute atomic E-state index is 5.40. The number of allylic oxidation sites excluding steroid dienone is 1. The van der Waals surface area contributed by atoms with E-state index >= 15 is 0 Å². The van der Waals surface area contributed by atoms with Gasteiger partial charge in [0.15, 0.2) is 0 Å². The molecule has 0 aromatic heterocycles. The third-order valence-electron chi connectivity index (χ3n) is 2.46. The first-order valence-corrected chi connectivity index (χ1v) is 7.08. The second-order valence-electron chi connectivity index (χ2n) is 4.12. The van der Waals surface area contributed by atoms with Gasteiger partial charge in [0, 0.05) is 11.1 Å². The molecule has 0 radical (unpaired) electrons. The Kier molecular flexibility index (Phi) is 12.9. The molecule has 0 aromatic rings. The van der Waals surface area contributed by atoms with Crippen LogP contribution >= 0.6 is 15.9 Å². The van der Waals surface area contributed by atoms with Crippen molar-refractivity contribution in [3.63, 3.8) is 0 Å². The first-order chi connectivity index (χ1) is 7.77. The fraction of sp³-hybridized carbons (Fsp3) is 0.714. The van der Waals surface area contributed by atoms with E-state index in [0.717, 1.165) is 11.1 Å². The smallest absolute Gasteiger partial charge is 0.0775 e. The third kappa shape index (κ3) is 13.9. The summed E-state index contributed by atoms with van der Waals surface area (Å²) < 4.78 is 6.32. The third-order valence-corrected chi connectivity index (χ3v) is 2.68. The zero-order valence-electron chi connectivity index (χ0n) is 10.3. The first kappa shape index (κ1) is 15.9. The molecule has 16 heavy (non-hydrogen) atoms. The topological polar surface area (TPSA) is 9.23 Å². The van der Waals surface area contributed by atoms with E-state index in [0.29, 0.717) is 6.61 Å². The zero-order chi connectivity index (χ0) is 12.1. The highest BCUT2D eigenvalue weighted by Gasteiger charge is 1.92. The summed E-state index contributed by atoms with van der Waals surface area (Å²) >= 11 is 3.27. The number of halogens is 1. The lowest BCUT2D eigenvalue weighted by molar-refractivity contribution is 0.156. The van der Waals surface area contributed by atoms with Gasteiger partial charge in [-0.2, -0.15) is 0 Å². The summed E-state index contributed by atoms with van der Waals surface area (Å²) in [5.74, 6) is 0. The number of ether oxygens (including phenoxy) is 1. The summed E-state index contributed by atoms with van der Waals surface area (Å²) in [6, 6.07) is 0. The molecule has 0 N–H and O–H groups in total. The molecule has 0 fully saturated rings. The summed E-state index contributed by atoms with van der Waals surface area (Å²) in [6.45, 7) is 8.95. The molecule has 94 valence electrons. The van der Waals surface area contributed by atoms with E-state index in [2.05, 4.69) is 29.1 Å². The summed E-state index contributed by atoms with van der Waals surface area (Å²) in [7, 11) is 0. The monoisotopic (exact) mass is 288 g/mol. The van der Waals surface area contributed by atoms with Crippen molar-refractivity contribution in [1.82, 2.24) is 0 Å². The lowest BCUT2D eigenvalue weighted by Crippen LogP contribution is -1.96. The zero-order valence-corrected chi connectivity index (χ0v) is 11.9. The van der Waals surface area contributed by atoms with Crippen LogP contribution in [0.15, 0.2) is 23.7 Å². The Morgan fingerprint density at radius 3 is 2.12 bits per heavy atom. The molecule has 0 aromatic carbocycles. The van der Waals surface area contributed by atoms with Gasteiger partial charge in [-0.25, -0.2) is 0 Å². The highest BCUT2D eigenvalue weighted by molar-refractivity contribution is 9.11. The van der Waals surface area contributed by atoms with Gasteiger partial charge in [-0.15, -0.1) is 6.58 Å². The molecule has 0 aliphatic heterocycles. The molecule has 0 aliphatic carbocycles. The van der Waals surface area contributed by atoms with Gasteiger partial charge >= 0.3 is 0 Å². The van der Waals surface area contributed by atoms with E-state index in [4.69, 9.17) is 4.74 Å². The highest BCUT2D eigenvalue weighted by Crippen LogP contribution is 2.09.